The molecule has 1 rings (SSSR count). The van der Waals surface area contributed by atoms with E-state index in [1.54, 1.807) is 0 Å². The van der Waals surface area contributed by atoms with Crippen LogP contribution in [0.1, 0.15) is 39.5 Å². The second-order valence-electron chi connectivity index (χ2n) is 3.37. The highest BCUT2D eigenvalue weighted by molar-refractivity contribution is 5.64. The third-order valence-electron chi connectivity index (χ3n) is 2.02. The van der Waals surface area contributed by atoms with Gasteiger partial charge in [-0.3, -0.25) is 0 Å². The van der Waals surface area contributed by atoms with Crippen LogP contribution in [0.15, 0.2) is 0 Å². The second-order valence-corrected chi connectivity index (χ2v) is 3.37. The molecule has 0 radical (unpaired) electrons. The molecule has 0 aromatic carbocycles. The van der Waals surface area contributed by atoms with Gasteiger partial charge in [-0.25, -0.2) is 4.79 Å². The topological polar surface area (TPSA) is 35.5 Å². The molecule has 0 bridgehead atoms. The Labute approximate surface area is 78.4 Å². The minimum Gasteiger partial charge on any atom is -0.414 e. The van der Waals surface area contributed by atoms with Crippen LogP contribution in [0.5, 0.6) is 0 Å². The Hall–Kier alpha value is -1.17. The van der Waals surface area contributed by atoms with Crippen molar-refractivity contribution in [3.8, 4) is 12.0 Å². The fourth-order valence-corrected chi connectivity index (χ4v) is 1.23. The van der Waals surface area contributed by atoms with Crippen LogP contribution < -0.4 is 0 Å². The van der Waals surface area contributed by atoms with Gasteiger partial charge in [-0.15, -0.1) is 0 Å². The normalized spacial score (nSPS) is 25.5. The number of carbonyl (C=O) groups is 1. The first kappa shape index (κ1) is 9.91. The van der Waals surface area contributed by atoms with Crippen LogP contribution in [0.2, 0.25) is 0 Å². The van der Waals surface area contributed by atoms with Crippen LogP contribution in [0.25, 0.3) is 0 Å². The maximum atomic E-state index is 10.8. The quantitative estimate of drug-likeness (QED) is 0.380. The average Bonchev–Trinajstić information content (AvgIpc) is 2.04. The van der Waals surface area contributed by atoms with Gasteiger partial charge in [0.1, 0.15) is 6.11 Å². The van der Waals surface area contributed by atoms with E-state index in [4.69, 9.17) is 4.74 Å². The summed E-state index contributed by atoms with van der Waals surface area (Å²) >= 11 is 0. The number of ether oxygens (including phenoxy) is 2. The predicted octanol–water partition coefficient (Wildman–Crippen LogP) is 2.45. The maximum Gasteiger partial charge on any atom is 0.524 e. The number of carbonyl (C=O) groups excluding carboxylic acids is 1. The summed E-state index contributed by atoms with van der Waals surface area (Å²) in [7, 11) is 0. The summed E-state index contributed by atoms with van der Waals surface area (Å²) in [6.45, 7) is 3.94. The number of unbranched alkanes of at least 4 members (excludes halogenated alkanes) is 2. The van der Waals surface area contributed by atoms with Crippen molar-refractivity contribution in [3.63, 3.8) is 0 Å². The Morgan fingerprint density at radius 3 is 2.85 bits per heavy atom. The molecular formula is C10H14O3. The molecule has 0 aromatic rings. The monoisotopic (exact) mass is 182 g/mol. The van der Waals surface area contributed by atoms with Gasteiger partial charge in [-0.05, 0) is 25.7 Å². The van der Waals surface area contributed by atoms with E-state index in [0.717, 1.165) is 25.7 Å². The molecule has 3 nitrogen and oxygen atoms in total. The van der Waals surface area contributed by atoms with Crippen molar-refractivity contribution >= 4 is 6.16 Å². The summed E-state index contributed by atoms with van der Waals surface area (Å²) in [5, 5.41) is 0. The number of rotatable bonds is 4. The largest absolute Gasteiger partial charge is 0.524 e. The van der Waals surface area contributed by atoms with Crippen LogP contribution in [0.3, 0.4) is 0 Å². The lowest BCUT2D eigenvalue weighted by atomic mass is 9.99. The summed E-state index contributed by atoms with van der Waals surface area (Å²) in [6.07, 6.45) is 5.73. The zero-order valence-electron chi connectivity index (χ0n) is 8.05. The van der Waals surface area contributed by atoms with Gasteiger partial charge in [0.05, 0.1) is 0 Å². The molecule has 3 heteroatoms. The summed E-state index contributed by atoms with van der Waals surface area (Å²) < 4.78 is 9.34. The van der Waals surface area contributed by atoms with Crippen LogP contribution in [-0.4, -0.2) is 11.8 Å². The molecule has 1 heterocycles. The molecular weight excluding hydrogens is 168 g/mol. The molecule has 0 aromatic heterocycles. The minimum atomic E-state index is -0.683. The van der Waals surface area contributed by atoms with E-state index < -0.39 is 11.8 Å². The van der Waals surface area contributed by atoms with E-state index in [9.17, 15) is 4.79 Å². The molecule has 13 heavy (non-hydrogen) atoms. The van der Waals surface area contributed by atoms with Gasteiger partial charge in [-0.2, -0.15) is 0 Å². The highest BCUT2D eigenvalue weighted by atomic mass is 16.7. The molecule has 0 amide bonds. The van der Waals surface area contributed by atoms with Gasteiger partial charge >= 0.3 is 6.16 Å². The van der Waals surface area contributed by atoms with Crippen LogP contribution in [0.4, 0.5) is 4.79 Å². The van der Waals surface area contributed by atoms with Gasteiger partial charge in [0.25, 0.3) is 0 Å². The Morgan fingerprint density at radius 1 is 1.46 bits per heavy atom. The van der Waals surface area contributed by atoms with Crippen molar-refractivity contribution in [3.05, 3.63) is 0 Å². The van der Waals surface area contributed by atoms with E-state index in [-0.39, 0.29) is 0 Å². The van der Waals surface area contributed by atoms with Crippen LogP contribution in [-0.2, 0) is 9.47 Å². The SMILES string of the molecule is CCCCCC1(C)C#COC(=O)O1. The fourth-order valence-electron chi connectivity index (χ4n) is 1.23. The highest BCUT2D eigenvalue weighted by Crippen LogP contribution is 2.21. The lowest BCUT2D eigenvalue weighted by molar-refractivity contribution is 0.0102. The van der Waals surface area contributed by atoms with Gasteiger partial charge in [0.2, 0.25) is 0 Å². The van der Waals surface area contributed by atoms with Gasteiger partial charge in [-0.1, -0.05) is 19.8 Å². The summed E-state index contributed by atoms with van der Waals surface area (Å²) in [4.78, 5) is 10.8. The van der Waals surface area contributed by atoms with E-state index >= 15 is 0 Å². The number of cyclic esters (lactones) is 2. The van der Waals surface area contributed by atoms with Crippen molar-refractivity contribution in [2.45, 2.75) is 45.1 Å². The highest BCUT2D eigenvalue weighted by Gasteiger charge is 2.29. The summed E-state index contributed by atoms with van der Waals surface area (Å²) in [5.74, 6) is 2.77. The zero-order valence-corrected chi connectivity index (χ0v) is 8.05. The first-order valence-corrected chi connectivity index (χ1v) is 4.58. The molecule has 0 fully saturated rings. The second kappa shape index (κ2) is 4.18. The van der Waals surface area contributed by atoms with Gasteiger partial charge in [0.15, 0.2) is 5.60 Å². The van der Waals surface area contributed by atoms with Crippen molar-refractivity contribution in [1.82, 2.24) is 0 Å². The molecule has 72 valence electrons. The van der Waals surface area contributed by atoms with Crippen molar-refractivity contribution < 1.29 is 14.3 Å². The van der Waals surface area contributed by atoms with Crippen LogP contribution in [0, 0.1) is 12.0 Å². The Morgan fingerprint density at radius 2 is 2.23 bits per heavy atom. The number of hydrogen-bond acceptors (Lipinski definition) is 3. The van der Waals surface area contributed by atoms with Gasteiger partial charge in [0, 0.05) is 0 Å². The third kappa shape index (κ3) is 2.98. The molecule has 0 aliphatic carbocycles. The molecule has 1 aliphatic heterocycles. The zero-order chi connectivity index (χ0) is 9.73. The average molecular weight is 182 g/mol. The van der Waals surface area contributed by atoms with E-state index in [1.165, 1.54) is 0 Å². The molecule has 1 atom stereocenters. The third-order valence-corrected chi connectivity index (χ3v) is 2.02. The van der Waals surface area contributed by atoms with Crippen LogP contribution >= 0.6 is 0 Å². The van der Waals surface area contributed by atoms with E-state index in [0.29, 0.717) is 0 Å². The standard InChI is InChI=1S/C10H14O3/c1-3-4-5-6-10(2)7-8-12-9(11)13-10/h3-6H2,1-2H3. The predicted molar refractivity (Wildman–Crippen MR) is 47.9 cm³/mol. The maximum absolute atomic E-state index is 10.8. The Kier molecular flexibility index (Phi) is 3.18. The van der Waals surface area contributed by atoms with E-state index in [2.05, 4.69) is 23.7 Å². The Balaban J connectivity index is 2.44. The molecule has 0 saturated heterocycles. The fraction of sp³-hybridized carbons (Fsp3) is 0.700. The molecule has 0 saturated carbocycles. The minimum absolute atomic E-state index is 0.634. The Bertz CT molecular complexity index is 249. The molecule has 0 spiro atoms. The smallest absolute Gasteiger partial charge is 0.414 e. The lowest BCUT2D eigenvalue weighted by Gasteiger charge is -2.24. The number of hydrogen-bond donors (Lipinski definition) is 0. The van der Waals surface area contributed by atoms with Gasteiger partial charge < -0.3 is 9.47 Å². The summed E-state index contributed by atoms with van der Waals surface area (Å²) in [5.41, 5.74) is -0.634. The summed E-state index contributed by atoms with van der Waals surface area (Å²) in [6, 6.07) is 0. The first-order valence-electron chi connectivity index (χ1n) is 4.58. The molecule has 1 aliphatic rings. The van der Waals surface area contributed by atoms with Crippen molar-refractivity contribution in [2.75, 3.05) is 0 Å². The van der Waals surface area contributed by atoms with Crippen molar-refractivity contribution in [1.29, 1.82) is 0 Å². The van der Waals surface area contributed by atoms with Crippen molar-refractivity contribution in [2.24, 2.45) is 0 Å². The first-order chi connectivity index (χ1) is 6.16. The molecule has 1 unspecified atom stereocenters. The lowest BCUT2D eigenvalue weighted by Crippen LogP contribution is -2.32. The van der Waals surface area contributed by atoms with E-state index in [1.807, 2.05) is 6.92 Å². The molecule has 0 N–H and O–H groups in total.